The lowest BCUT2D eigenvalue weighted by Crippen LogP contribution is -2.44. The van der Waals surface area contributed by atoms with Crippen molar-refractivity contribution in [2.24, 2.45) is 0 Å². The van der Waals surface area contributed by atoms with Crippen LogP contribution in [0.15, 0.2) is 59.8 Å². The number of hydrogen-bond acceptors (Lipinski definition) is 9. The summed E-state index contributed by atoms with van der Waals surface area (Å²) in [4.78, 5) is 24.6. The van der Waals surface area contributed by atoms with Gasteiger partial charge in [0, 0.05) is 11.3 Å². The number of ether oxygens (including phenoxy) is 2. The number of hydrogen-bond donors (Lipinski definition) is 2. The number of aromatic amines is 1. The van der Waals surface area contributed by atoms with Crippen LogP contribution in [0.25, 0.3) is 22.5 Å². The summed E-state index contributed by atoms with van der Waals surface area (Å²) in [6.07, 6.45) is 0.501. The van der Waals surface area contributed by atoms with Crippen LogP contribution < -0.4 is 5.43 Å². The number of rotatable bonds is 8. The van der Waals surface area contributed by atoms with Crippen molar-refractivity contribution in [3.05, 3.63) is 65.4 Å². The molecule has 0 radical (unpaired) electrons. The number of carbonyl (C=O) groups is 2. The van der Waals surface area contributed by atoms with E-state index in [2.05, 4.69) is 26.0 Å². The van der Waals surface area contributed by atoms with Crippen LogP contribution in [0.5, 0.6) is 0 Å². The van der Waals surface area contributed by atoms with Gasteiger partial charge in [0.05, 0.1) is 25.3 Å². The average molecular weight is 463 g/mol. The number of allylic oxidation sites excluding steroid dienone is 1. The molecule has 1 aromatic heterocycles. The van der Waals surface area contributed by atoms with Gasteiger partial charge in [0.15, 0.2) is 0 Å². The summed E-state index contributed by atoms with van der Waals surface area (Å²) in [6, 6.07) is 15.5. The molecule has 2 aromatic carbocycles. The summed E-state index contributed by atoms with van der Waals surface area (Å²) in [5, 5.41) is 16.1. The fourth-order valence-electron chi connectivity index (χ4n) is 4.12. The lowest BCUT2D eigenvalue weighted by molar-refractivity contribution is -0.146. The number of hydrazine groups is 1. The van der Waals surface area contributed by atoms with Gasteiger partial charge >= 0.3 is 11.9 Å². The molecule has 1 atom stereocenters. The second-order valence-electron chi connectivity index (χ2n) is 7.77. The SMILES string of the molecule is CCOC(=O)CN1NC(C)=C(C(=O)OC)C1Cc1ccc(-c2ccccc2-c2nn[nH]n2)cc1. The second-order valence-corrected chi connectivity index (χ2v) is 7.77. The molecule has 176 valence electrons. The number of tetrazole rings is 1. The maximum absolute atomic E-state index is 12.5. The topological polar surface area (TPSA) is 122 Å². The summed E-state index contributed by atoms with van der Waals surface area (Å²) < 4.78 is 10.1. The first kappa shape index (κ1) is 23.1. The summed E-state index contributed by atoms with van der Waals surface area (Å²) in [5.41, 5.74) is 8.13. The summed E-state index contributed by atoms with van der Waals surface area (Å²) in [5.74, 6) is -0.269. The van der Waals surface area contributed by atoms with Gasteiger partial charge < -0.3 is 14.9 Å². The Bertz CT molecular complexity index is 1190. The first-order chi connectivity index (χ1) is 16.5. The van der Waals surface area contributed by atoms with E-state index < -0.39 is 5.97 Å². The first-order valence-electron chi connectivity index (χ1n) is 10.9. The van der Waals surface area contributed by atoms with Crippen molar-refractivity contribution in [3.63, 3.8) is 0 Å². The largest absolute Gasteiger partial charge is 0.466 e. The number of methoxy groups -OCH3 is 1. The zero-order chi connectivity index (χ0) is 24.1. The highest BCUT2D eigenvalue weighted by Crippen LogP contribution is 2.31. The standard InChI is InChI=1S/C24H26N6O4/c1-4-34-21(31)14-30-20(22(15(2)27-30)24(32)33-3)13-16-9-11-17(12-10-16)18-7-5-6-8-19(18)23-25-28-29-26-23/h5-12,20,27H,4,13-14H2,1-3H3,(H,25,26,28,29). The van der Waals surface area contributed by atoms with Gasteiger partial charge in [-0.2, -0.15) is 5.21 Å². The predicted molar refractivity (Wildman–Crippen MR) is 124 cm³/mol. The highest BCUT2D eigenvalue weighted by Gasteiger charge is 2.37. The van der Waals surface area contributed by atoms with Crippen molar-refractivity contribution in [1.82, 2.24) is 31.1 Å². The third-order valence-electron chi connectivity index (χ3n) is 5.64. The second kappa shape index (κ2) is 10.3. The zero-order valence-electron chi connectivity index (χ0n) is 19.2. The van der Waals surface area contributed by atoms with Gasteiger partial charge in [-0.15, -0.1) is 10.2 Å². The zero-order valence-corrected chi connectivity index (χ0v) is 19.2. The Morgan fingerprint density at radius 2 is 1.82 bits per heavy atom. The highest BCUT2D eigenvalue weighted by molar-refractivity contribution is 5.91. The molecule has 0 saturated heterocycles. The van der Waals surface area contributed by atoms with E-state index >= 15 is 0 Å². The van der Waals surface area contributed by atoms with Crippen LogP contribution in [0.2, 0.25) is 0 Å². The number of nitrogens with one attached hydrogen (secondary N) is 2. The molecule has 34 heavy (non-hydrogen) atoms. The molecule has 10 heteroatoms. The molecule has 3 aromatic rings. The fraction of sp³-hybridized carbons (Fsp3) is 0.292. The number of H-pyrrole nitrogens is 1. The number of nitrogens with zero attached hydrogens (tertiary/aromatic N) is 4. The number of esters is 2. The number of carbonyl (C=O) groups excluding carboxylic acids is 2. The van der Waals surface area contributed by atoms with Gasteiger partial charge in [0.2, 0.25) is 5.82 Å². The van der Waals surface area contributed by atoms with E-state index in [9.17, 15) is 9.59 Å². The lowest BCUT2D eigenvalue weighted by atomic mass is 9.95. The molecular weight excluding hydrogens is 436 g/mol. The Hall–Kier alpha value is -4.05. The van der Waals surface area contributed by atoms with Crippen molar-refractivity contribution < 1.29 is 19.1 Å². The molecule has 0 fully saturated rings. The Balaban J connectivity index is 1.59. The maximum atomic E-state index is 12.5. The third-order valence-corrected chi connectivity index (χ3v) is 5.64. The molecule has 0 aliphatic carbocycles. The van der Waals surface area contributed by atoms with Gasteiger partial charge in [-0.3, -0.25) is 4.79 Å². The minimum atomic E-state index is -0.424. The van der Waals surface area contributed by atoms with E-state index in [1.54, 1.807) is 18.9 Å². The lowest BCUT2D eigenvalue weighted by Gasteiger charge is -2.25. The smallest absolute Gasteiger partial charge is 0.337 e. The highest BCUT2D eigenvalue weighted by atomic mass is 16.5. The van der Waals surface area contributed by atoms with E-state index in [0.717, 1.165) is 22.3 Å². The molecule has 2 heterocycles. The van der Waals surface area contributed by atoms with Crippen molar-refractivity contribution >= 4 is 11.9 Å². The molecule has 10 nitrogen and oxygen atoms in total. The summed E-state index contributed by atoms with van der Waals surface area (Å²) in [6.45, 7) is 3.85. The van der Waals surface area contributed by atoms with Gasteiger partial charge in [-0.25, -0.2) is 9.80 Å². The van der Waals surface area contributed by atoms with Gasteiger partial charge in [-0.1, -0.05) is 48.5 Å². The third kappa shape index (κ3) is 4.81. The molecule has 4 rings (SSSR count). The Morgan fingerprint density at radius 1 is 1.09 bits per heavy atom. The Morgan fingerprint density at radius 3 is 2.47 bits per heavy atom. The van der Waals surface area contributed by atoms with Crippen LogP contribution in [0.3, 0.4) is 0 Å². The van der Waals surface area contributed by atoms with Crippen LogP contribution in [0.4, 0.5) is 0 Å². The Kier molecular flexibility index (Phi) is 6.98. The van der Waals surface area contributed by atoms with Crippen LogP contribution >= 0.6 is 0 Å². The molecule has 1 unspecified atom stereocenters. The maximum Gasteiger partial charge on any atom is 0.337 e. The molecule has 0 amide bonds. The molecule has 0 spiro atoms. The van der Waals surface area contributed by atoms with Crippen molar-refractivity contribution in [3.8, 4) is 22.5 Å². The van der Waals surface area contributed by atoms with Crippen LogP contribution in [-0.4, -0.2) is 63.9 Å². The molecule has 1 aliphatic heterocycles. The van der Waals surface area contributed by atoms with Crippen LogP contribution in [-0.2, 0) is 25.5 Å². The number of aromatic nitrogens is 4. The van der Waals surface area contributed by atoms with Crippen molar-refractivity contribution in [2.45, 2.75) is 26.3 Å². The van der Waals surface area contributed by atoms with Crippen LogP contribution in [0, 0.1) is 0 Å². The molecule has 1 aliphatic rings. The molecular formula is C24H26N6O4. The number of benzene rings is 2. The minimum absolute atomic E-state index is 0.00645. The summed E-state index contributed by atoms with van der Waals surface area (Å²) >= 11 is 0. The van der Waals surface area contributed by atoms with Crippen molar-refractivity contribution in [2.75, 3.05) is 20.3 Å². The van der Waals surface area contributed by atoms with E-state index in [1.165, 1.54) is 7.11 Å². The van der Waals surface area contributed by atoms with E-state index in [4.69, 9.17) is 9.47 Å². The molecule has 0 bridgehead atoms. The fourth-order valence-corrected chi connectivity index (χ4v) is 4.12. The van der Waals surface area contributed by atoms with Gasteiger partial charge in [-0.05, 0) is 42.2 Å². The van der Waals surface area contributed by atoms with E-state index in [1.807, 2.05) is 48.5 Å². The van der Waals surface area contributed by atoms with Crippen LogP contribution in [0.1, 0.15) is 19.4 Å². The predicted octanol–water partition coefficient (Wildman–Crippen LogP) is 2.28. The normalized spacial score (nSPS) is 15.8. The summed E-state index contributed by atoms with van der Waals surface area (Å²) in [7, 11) is 1.35. The monoisotopic (exact) mass is 462 g/mol. The van der Waals surface area contributed by atoms with E-state index in [-0.39, 0.29) is 18.6 Å². The molecule has 0 saturated carbocycles. The minimum Gasteiger partial charge on any atom is -0.466 e. The van der Waals surface area contributed by atoms with Gasteiger partial charge in [0.25, 0.3) is 0 Å². The van der Waals surface area contributed by atoms with E-state index in [0.29, 0.717) is 30.1 Å². The van der Waals surface area contributed by atoms with Gasteiger partial charge in [0.1, 0.15) is 6.54 Å². The molecule has 2 N–H and O–H groups in total. The first-order valence-corrected chi connectivity index (χ1v) is 10.9. The quantitative estimate of drug-likeness (QED) is 0.485. The average Bonchev–Trinajstić information content (AvgIpc) is 3.48. The Labute approximate surface area is 196 Å². The van der Waals surface area contributed by atoms with Crippen molar-refractivity contribution in [1.29, 1.82) is 0 Å².